The average molecular weight is 394 g/mol. The molecule has 0 radical (unpaired) electrons. The molecule has 1 aliphatic rings. The van der Waals surface area contributed by atoms with Gasteiger partial charge in [0.25, 0.3) is 17.7 Å². The molecule has 1 unspecified atom stereocenters. The van der Waals surface area contributed by atoms with Crippen LogP contribution >= 0.6 is 0 Å². The van der Waals surface area contributed by atoms with E-state index in [2.05, 4.69) is 0 Å². The van der Waals surface area contributed by atoms with Gasteiger partial charge in [-0.1, -0.05) is 30.3 Å². The van der Waals surface area contributed by atoms with Gasteiger partial charge in [0.05, 0.1) is 11.1 Å². The summed E-state index contributed by atoms with van der Waals surface area (Å²) in [6.07, 6.45) is 0. The number of imide groups is 1. The molecule has 0 saturated carbocycles. The highest BCUT2D eigenvalue weighted by Gasteiger charge is 2.41. The number of benzene rings is 2. The molecule has 7 nitrogen and oxygen atoms in total. The fourth-order valence-corrected chi connectivity index (χ4v) is 3.31. The summed E-state index contributed by atoms with van der Waals surface area (Å²) in [6.45, 7) is 4.63. The van der Waals surface area contributed by atoms with Gasteiger partial charge in [-0.2, -0.15) is 0 Å². The molecule has 1 aliphatic heterocycles. The molecule has 3 amide bonds. The van der Waals surface area contributed by atoms with Crippen LogP contribution in [0.2, 0.25) is 0 Å². The van der Waals surface area contributed by atoms with Crippen molar-refractivity contribution in [2.24, 2.45) is 0 Å². The predicted octanol–water partition coefficient (Wildman–Crippen LogP) is 2.66. The van der Waals surface area contributed by atoms with Gasteiger partial charge in [0.15, 0.2) is 6.61 Å². The van der Waals surface area contributed by atoms with Crippen LogP contribution < -0.4 is 4.90 Å². The SMILES string of the molecule is CC(C(=O)OCC(=O)N(c1ccccc1)C(C)C)N1C(=O)c2ccccc2C1=O. The van der Waals surface area contributed by atoms with Gasteiger partial charge in [-0.05, 0) is 45.0 Å². The van der Waals surface area contributed by atoms with Crippen LogP contribution in [-0.4, -0.2) is 47.3 Å². The van der Waals surface area contributed by atoms with Gasteiger partial charge in [-0.25, -0.2) is 4.79 Å². The normalized spacial score (nSPS) is 14.0. The Morgan fingerprint density at radius 3 is 1.93 bits per heavy atom. The lowest BCUT2D eigenvalue weighted by atomic mass is 10.1. The number of anilines is 1. The minimum atomic E-state index is -1.14. The second kappa shape index (κ2) is 8.26. The standard InChI is InChI=1S/C22H22N2O5/c1-14(2)23(16-9-5-4-6-10-16)19(25)13-29-22(28)15(3)24-20(26)17-11-7-8-12-18(17)21(24)27/h4-12,14-15H,13H2,1-3H3. The van der Waals surface area contributed by atoms with Crippen LogP contribution in [0, 0.1) is 0 Å². The summed E-state index contributed by atoms with van der Waals surface area (Å²) < 4.78 is 5.15. The van der Waals surface area contributed by atoms with E-state index in [0.717, 1.165) is 4.90 Å². The fourth-order valence-electron chi connectivity index (χ4n) is 3.31. The first-order valence-electron chi connectivity index (χ1n) is 9.33. The van der Waals surface area contributed by atoms with Crippen molar-refractivity contribution in [2.75, 3.05) is 11.5 Å². The first kappa shape index (κ1) is 20.3. The van der Waals surface area contributed by atoms with Crippen molar-refractivity contribution in [2.45, 2.75) is 32.9 Å². The maximum Gasteiger partial charge on any atom is 0.329 e. The van der Waals surface area contributed by atoms with E-state index in [0.29, 0.717) is 5.69 Å². The van der Waals surface area contributed by atoms with Crippen molar-refractivity contribution in [3.05, 3.63) is 65.7 Å². The number of fused-ring (bicyclic) bond motifs is 1. The number of carbonyl (C=O) groups excluding carboxylic acids is 4. The Balaban J connectivity index is 1.67. The summed E-state index contributed by atoms with van der Waals surface area (Å²) in [4.78, 5) is 52.5. The Morgan fingerprint density at radius 1 is 0.897 bits per heavy atom. The third-order valence-electron chi connectivity index (χ3n) is 4.71. The number of rotatable bonds is 6. The zero-order valence-corrected chi connectivity index (χ0v) is 16.5. The van der Waals surface area contributed by atoms with E-state index in [1.165, 1.54) is 24.0 Å². The highest BCUT2D eigenvalue weighted by Crippen LogP contribution is 2.25. The first-order valence-corrected chi connectivity index (χ1v) is 9.33. The summed E-state index contributed by atoms with van der Waals surface area (Å²) in [6, 6.07) is 14.2. The van der Waals surface area contributed by atoms with Crippen LogP contribution in [0.3, 0.4) is 0 Å². The van der Waals surface area contributed by atoms with Crippen LogP contribution in [0.25, 0.3) is 0 Å². The third kappa shape index (κ3) is 3.89. The van der Waals surface area contributed by atoms with Gasteiger partial charge >= 0.3 is 5.97 Å². The van der Waals surface area contributed by atoms with Gasteiger partial charge in [0, 0.05) is 11.7 Å². The Morgan fingerprint density at radius 2 is 1.41 bits per heavy atom. The zero-order valence-electron chi connectivity index (χ0n) is 16.5. The highest BCUT2D eigenvalue weighted by atomic mass is 16.5. The van der Waals surface area contributed by atoms with Crippen molar-refractivity contribution in [1.29, 1.82) is 0 Å². The molecular weight excluding hydrogens is 372 g/mol. The van der Waals surface area contributed by atoms with Crippen molar-refractivity contribution in [1.82, 2.24) is 4.90 Å². The number of esters is 1. The third-order valence-corrected chi connectivity index (χ3v) is 4.71. The second-order valence-corrected chi connectivity index (χ2v) is 7.00. The van der Waals surface area contributed by atoms with Crippen LogP contribution in [0.5, 0.6) is 0 Å². The predicted molar refractivity (Wildman–Crippen MR) is 106 cm³/mol. The molecule has 1 atom stereocenters. The number of nitrogens with zero attached hydrogens (tertiary/aromatic N) is 2. The molecule has 0 saturated heterocycles. The number of hydrogen-bond donors (Lipinski definition) is 0. The molecule has 0 aromatic heterocycles. The Kier molecular flexibility index (Phi) is 5.77. The first-order chi connectivity index (χ1) is 13.8. The summed E-state index contributed by atoms with van der Waals surface area (Å²) in [5.41, 5.74) is 1.20. The molecule has 29 heavy (non-hydrogen) atoms. The molecule has 0 bridgehead atoms. The van der Waals surface area contributed by atoms with Crippen molar-refractivity contribution < 1.29 is 23.9 Å². The fraction of sp³-hybridized carbons (Fsp3) is 0.273. The molecule has 0 N–H and O–H groups in total. The van der Waals surface area contributed by atoms with Crippen molar-refractivity contribution in [3.8, 4) is 0 Å². The van der Waals surface area contributed by atoms with Crippen LogP contribution in [0.1, 0.15) is 41.5 Å². The Hall–Kier alpha value is -3.48. The van der Waals surface area contributed by atoms with Gasteiger partial charge < -0.3 is 9.64 Å². The average Bonchev–Trinajstić information content (AvgIpc) is 2.97. The van der Waals surface area contributed by atoms with E-state index < -0.39 is 36.3 Å². The molecule has 2 aromatic rings. The maximum atomic E-state index is 12.6. The lowest BCUT2D eigenvalue weighted by molar-refractivity contribution is -0.151. The monoisotopic (exact) mass is 394 g/mol. The second-order valence-electron chi connectivity index (χ2n) is 7.00. The summed E-state index contributed by atoms with van der Waals surface area (Å²) in [7, 11) is 0. The lowest BCUT2D eigenvalue weighted by Gasteiger charge is -2.27. The molecule has 2 aromatic carbocycles. The molecule has 7 heteroatoms. The molecule has 0 spiro atoms. The Labute approximate surface area is 168 Å². The van der Waals surface area contributed by atoms with Crippen molar-refractivity contribution in [3.63, 3.8) is 0 Å². The smallest absolute Gasteiger partial charge is 0.329 e. The van der Waals surface area contributed by atoms with E-state index in [1.807, 2.05) is 32.0 Å². The number of hydrogen-bond acceptors (Lipinski definition) is 5. The van der Waals surface area contributed by atoms with E-state index in [4.69, 9.17) is 4.74 Å². The molecule has 3 rings (SSSR count). The minimum absolute atomic E-state index is 0.141. The molecule has 0 fully saturated rings. The van der Waals surface area contributed by atoms with Crippen molar-refractivity contribution >= 4 is 29.4 Å². The van der Waals surface area contributed by atoms with Crippen LogP contribution in [-0.2, 0) is 14.3 Å². The van der Waals surface area contributed by atoms with Gasteiger partial charge in [0.2, 0.25) is 0 Å². The zero-order chi connectivity index (χ0) is 21.1. The quantitative estimate of drug-likeness (QED) is 0.556. The van der Waals surface area contributed by atoms with E-state index in [1.54, 1.807) is 24.3 Å². The number of carbonyl (C=O) groups is 4. The van der Waals surface area contributed by atoms with E-state index in [-0.39, 0.29) is 17.2 Å². The topological polar surface area (TPSA) is 84.0 Å². The summed E-state index contributed by atoms with van der Waals surface area (Å²) in [5, 5.41) is 0. The lowest BCUT2D eigenvalue weighted by Crippen LogP contribution is -2.45. The maximum absolute atomic E-state index is 12.6. The number of amides is 3. The largest absolute Gasteiger partial charge is 0.454 e. The van der Waals surface area contributed by atoms with Crippen LogP contribution in [0.4, 0.5) is 5.69 Å². The van der Waals surface area contributed by atoms with Gasteiger partial charge in [0.1, 0.15) is 6.04 Å². The number of ether oxygens (including phenoxy) is 1. The summed E-state index contributed by atoms with van der Waals surface area (Å²) >= 11 is 0. The molecule has 0 aliphatic carbocycles. The molecule has 1 heterocycles. The minimum Gasteiger partial charge on any atom is -0.454 e. The summed E-state index contributed by atoms with van der Waals surface area (Å²) in [5.74, 6) is -2.30. The van der Waals surface area contributed by atoms with E-state index in [9.17, 15) is 19.2 Å². The molecule has 150 valence electrons. The van der Waals surface area contributed by atoms with Gasteiger partial charge in [-0.15, -0.1) is 0 Å². The molecular formula is C22H22N2O5. The van der Waals surface area contributed by atoms with E-state index >= 15 is 0 Å². The highest BCUT2D eigenvalue weighted by molar-refractivity contribution is 6.22. The van der Waals surface area contributed by atoms with Crippen LogP contribution in [0.15, 0.2) is 54.6 Å². The number of para-hydroxylation sites is 1. The Bertz CT molecular complexity index is 920. The van der Waals surface area contributed by atoms with Gasteiger partial charge in [-0.3, -0.25) is 19.3 Å².